The van der Waals surface area contributed by atoms with Gasteiger partial charge < -0.3 is 5.11 Å². The van der Waals surface area contributed by atoms with Crippen LogP contribution in [0.1, 0.15) is 24.8 Å². The van der Waals surface area contributed by atoms with Gasteiger partial charge in [0, 0.05) is 19.0 Å². The van der Waals surface area contributed by atoms with Gasteiger partial charge in [-0.1, -0.05) is 12.1 Å². The average molecular weight is 308 g/mol. The number of rotatable bonds is 8. The topological polar surface area (TPSA) is 107 Å². The molecule has 0 spiro atoms. The zero-order valence-electron chi connectivity index (χ0n) is 11.3. The summed E-state index contributed by atoms with van der Waals surface area (Å²) in [6, 6.07) is 7.89. The van der Waals surface area contributed by atoms with Gasteiger partial charge >= 0.3 is 5.97 Å². The maximum atomic E-state index is 12.0. The molecule has 0 aromatic heterocycles. The van der Waals surface area contributed by atoms with Crippen LogP contribution in [0.2, 0.25) is 0 Å². The summed E-state index contributed by atoms with van der Waals surface area (Å²) < 4.78 is 26.4. The molecule has 0 aliphatic rings. The SMILES string of the molecule is N#CCCCCNS(=O)(=O)c1ccc(C=CC(=O)O)cc1. The maximum Gasteiger partial charge on any atom is 0.328 e. The first kappa shape index (κ1) is 16.9. The van der Waals surface area contributed by atoms with E-state index >= 15 is 0 Å². The van der Waals surface area contributed by atoms with Crippen LogP contribution >= 0.6 is 0 Å². The van der Waals surface area contributed by atoms with Crippen molar-refractivity contribution in [1.29, 1.82) is 5.26 Å². The highest BCUT2D eigenvalue weighted by atomic mass is 32.2. The Hall–Kier alpha value is -2.17. The number of carboxylic acids is 1. The minimum Gasteiger partial charge on any atom is -0.478 e. The third kappa shape index (κ3) is 6.21. The molecule has 2 N–H and O–H groups in total. The summed E-state index contributed by atoms with van der Waals surface area (Å²) in [6.07, 6.45) is 4.03. The lowest BCUT2D eigenvalue weighted by Crippen LogP contribution is -2.24. The fourth-order valence-corrected chi connectivity index (χ4v) is 2.62. The van der Waals surface area contributed by atoms with Crippen LogP contribution in [0.4, 0.5) is 0 Å². The number of hydrogen-bond donors (Lipinski definition) is 2. The summed E-state index contributed by atoms with van der Waals surface area (Å²) in [5, 5.41) is 16.9. The molecule has 0 aliphatic heterocycles. The highest BCUT2D eigenvalue weighted by Crippen LogP contribution is 2.11. The van der Waals surface area contributed by atoms with Gasteiger partial charge in [0.1, 0.15) is 0 Å². The lowest BCUT2D eigenvalue weighted by Gasteiger charge is -2.06. The van der Waals surface area contributed by atoms with Gasteiger partial charge in [-0.05, 0) is 36.6 Å². The fraction of sp³-hybridized carbons (Fsp3) is 0.286. The number of nitriles is 1. The molecule has 6 nitrogen and oxygen atoms in total. The smallest absolute Gasteiger partial charge is 0.328 e. The minimum absolute atomic E-state index is 0.121. The van der Waals surface area contributed by atoms with Crippen molar-refractivity contribution in [3.05, 3.63) is 35.9 Å². The molecule has 0 radical (unpaired) electrons. The predicted octanol–water partition coefficient (Wildman–Crippen LogP) is 1.76. The van der Waals surface area contributed by atoms with Gasteiger partial charge in [0.05, 0.1) is 11.0 Å². The molecule has 0 saturated carbocycles. The number of hydrogen-bond acceptors (Lipinski definition) is 4. The second-order valence-corrected chi connectivity index (χ2v) is 6.02. The number of sulfonamides is 1. The Bertz CT molecular complexity index is 643. The first-order valence-electron chi connectivity index (χ1n) is 6.33. The molecular formula is C14H16N2O4S. The second kappa shape index (κ2) is 8.19. The average Bonchev–Trinajstić information content (AvgIpc) is 2.45. The monoisotopic (exact) mass is 308 g/mol. The van der Waals surface area contributed by atoms with Gasteiger partial charge in [-0.15, -0.1) is 0 Å². The number of nitrogens with one attached hydrogen (secondary N) is 1. The molecule has 21 heavy (non-hydrogen) atoms. The van der Waals surface area contributed by atoms with Gasteiger partial charge in [0.2, 0.25) is 10.0 Å². The molecule has 7 heteroatoms. The Morgan fingerprint density at radius 2 is 1.95 bits per heavy atom. The van der Waals surface area contributed by atoms with E-state index in [1.165, 1.54) is 30.3 Å². The van der Waals surface area contributed by atoms with Crippen molar-refractivity contribution < 1.29 is 18.3 Å². The minimum atomic E-state index is -3.57. The van der Waals surface area contributed by atoms with E-state index in [1.807, 2.05) is 6.07 Å². The molecule has 0 amide bonds. The Morgan fingerprint density at radius 3 is 2.52 bits per heavy atom. The number of aliphatic carboxylic acids is 1. The van der Waals surface area contributed by atoms with E-state index in [2.05, 4.69) is 4.72 Å². The molecule has 112 valence electrons. The van der Waals surface area contributed by atoms with Crippen molar-refractivity contribution in [2.45, 2.75) is 24.2 Å². The Balaban J connectivity index is 2.63. The highest BCUT2D eigenvalue weighted by Gasteiger charge is 2.12. The van der Waals surface area contributed by atoms with Gasteiger partial charge in [-0.2, -0.15) is 5.26 Å². The van der Waals surface area contributed by atoms with Crippen molar-refractivity contribution in [3.8, 4) is 6.07 Å². The van der Waals surface area contributed by atoms with E-state index in [0.29, 0.717) is 24.8 Å². The number of unbranched alkanes of at least 4 members (excludes halogenated alkanes) is 2. The van der Waals surface area contributed by atoms with Crippen molar-refractivity contribution >= 4 is 22.1 Å². The lowest BCUT2D eigenvalue weighted by atomic mass is 10.2. The Labute approximate surface area is 123 Å². The van der Waals surface area contributed by atoms with Crippen molar-refractivity contribution in [2.75, 3.05) is 6.54 Å². The van der Waals surface area contributed by atoms with Gasteiger partial charge in [0.25, 0.3) is 0 Å². The molecule has 0 unspecified atom stereocenters. The zero-order chi connectivity index (χ0) is 15.7. The largest absolute Gasteiger partial charge is 0.478 e. The molecule has 0 heterocycles. The summed E-state index contributed by atoms with van der Waals surface area (Å²) in [7, 11) is -3.57. The van der Waals surface area contributed by atoms with Crippen molar-refractivity contribution in [1.82, 2.24) is 4.72 Å². The summed E-state index contributed by atoms with van der Waals surface area (Å²) in [5.41, 5.74) is 0.602. The first-order chi connectivity index (χ1) is 9.95. The third-order valence-corrected chi connectivity index (χ3v) is 4.09. The maximum absolute atomic E-state index is 12.0. The van der Waals surface area contributed by atoms with Crippen LogP contribution in [0.3, 0.4) is 0 Å². The van der Waals surface area contributed by atoms with Crippen molar-refractivity contribution in [3.63, 3.8) is 0 Å². The molecule has 0 atom stereocenters. The van der Waals surface area contributed by atoms with Gasteiger partial charge in [0.15, 0.2) is 0 Å². The quantitative estimate of drug-likeness (QED) is 0.562. The second-order valence-electron chi connectivity index (χ2n) is 4.25. The van der Waals surface area contributed by atoms with Gasteiger partial charge in [-0.25, -0.2) is 17.9 Å². The summed E-state index contributed by atoms with van der Waals surface area (Å²) in [4.78, 5) is 10.5. The van der Waals surface area contributed by atoms with Crippen LogP contribution in [-0.4, -0.2) is 26.0 Å². The molecule has 1 rings (SSSR count). The van der Waals surface area contributed by atoms with E-state index < -0.39 is 16.0 Å². The fourth-order valence-electron chi connectivity index (χ4n) is 1.54. The molecule has 0 fully saturated rings. The normalized spacial score (nSPS) is 11.4. The van der Waals surface area contributed by atoms with Crippen LogP contribution in [0, 0.1) is 11.3 Å². The van der Waals surface area contributed by atoms with E-state index in [-0.39, 0.29) is 11.4 Å². The van der Waals surface area contributed by atoms with Gasteiger partial charge in [-0.3, -0.25) is 0 Å². The molecule has 1 aromatic carbocycles. The zero-order valence-corrected chi connectivity index (χ0v) is 12.1. The highest BCUT2D eigenvalue weighted by molar-refractivity contribution is 7.89. The van der Waals surface area contributed by atoms with E-state index in [9.17, 15) is 13.2 Å². The standard InChI is InChI=1S/C14H16N2O4S/c15-10-2-1-3-11-16-21(19,20)13-7-4-12(5-8-13)6-9-14(17)18/h4-9,16H,1-3,11H2,(H,17,18). The molecule has 1 aromatic rings. The van der Waals surface area contributed by atoms with Crippen molar-refractivity contribution in [2.24, 2.45) is 0 Å². The van der Waals surface area contributed by atoms with Crippen LogP contribution in [0.15, 0.2) is 35.2 Å². The van der Waals surface area contributed by atoms with E-state index in [0.717, 1.165) is 6.08 Å². The molecular weight excluding hydrogens is 292 g/mol. The van der Waals surface area contributed by atoms with E-state index in [4.69, 9.17) is 10.4 Å². The Morgan fingerprint density at radius 1 is 1.29 bits per heavy atom. The summed E-state index contributed by atoms with van der Waals surface area (Å²) >= 11 is 0. The lowest BCUT2D eigenvalue weighted by molar-refractivity contribution is -0.131. The summed E-state index contributed by atoms with van der Waals surface area (Å²) in [6.45, 7) is 0.282. The number of benzene rings is 1. The first-order valence-corrected chi connectivity index (χ1v) is 7.82. The van der Waals surface area contributed by atoms with E-state index in [1.54, 1.807) is 0 Å². The number of nitrogens with zero attached hydrogens (tertiary/aromatic N) is 1. The number of carboxylic acid groups (broad SMARTS) is 1. The molecule has 0 bridgehead atoms. The van der Waals surface area contributed by atoms with Crippen LogP contribution in [0.25, 0.3) is 6.08 Å². The molecule has 0 aliphatic carbocycles. The number of carbonyl (C=O) groups is 1. The van der Waals surface area contributed by atoms with Crippen LogP contribution in [-0.2, 0) is 14.8 Å². The van der Waals surface area contributed by atoms with Crippen LogP contribution < -0.4 is 4.72 Å². The summed E-state index contributed by atoms with van der Waals surface area (Å²) in [5.74, 6) is -1.06. The Kier molecular flexibility index (Phi) is 6.59. The predicted molar refractivity (Wildman–Crippen MR) is 77.8 cm³/mol. The van der Waals surface area contributed by atoms with Crippen LogP contribution in [0.5, 0.6) is 0 Å². The molecule has 0 saturated heterocycles. The third-order valence-electron chi connectivity index (χ3n) is 2.62.